The molecule has 0 heterocycles. The van der Waals surface area contributed by atoms with Crippen molar-refractivity contribution in [2.75, 3.05) is 29.6 Å². The predicted molar refractivity (Wildman–Crippen MR) is 283 cm³/mol. The Morgan fingerprint density at radius 2 is 0.642 bits per heavy atom. The molecule has 0 saturated heterocycles. The van der Waals surface area contributed by atoms with Crippen LogP contribution < -0.4 is 24.0 Å². The summed E-state index contributed by atoms with van der Waals surface area (Å²) in [5.41, 5.74) is 8.93. The Morgan fingerprint density at radius 3 is 0.970 bits per heavy atom. The van der Waals surface area contributed by atoms with Crippen molar-refractivity contribution in [1.29, 1.82) is 0 Å². The number of carbonyl (C=O) groups excluding carboxylic acids is 1. The highest BCUT2D eigenvalue weighted by Gasteiger charge is 2.16. The van der Waals surface area contributed by atoms with E-state index in [1.165, 1.54) is 96.3 Å². The van der Waals surface area contributed by atoms with Crippen LogP contribution in [0.25, 0.3) is 11.1 Å². The van der Waals surface area contributed by atoms with E-state index in [4.69, 9.17) is 14.2 Å². The van der Waals surface area contributed by atoms with Gasteiger partial charge in [-0.15, -0.1) is 0 Å². The van der Waals surface area contributed by atoms with Gasteiger partial charge >= 0.3 is 0 Å². The molecule has 0 saturated carbocycles. The van der Waals surface area contributed by atoms with E-state index in [0.29, 0.717) is 5.56 Å². The van der Waals surface area contributed by atoms with Gasteiger partial charge in [0.2, 0.25) is 0 Å². The molecule has 0 aliphatic rings. The number of anilines is 6. The minimum atomic E-state index is 0.632. The minimum absolute atomic E-state index is 0.632. The lowest BCUT2D eigenvalue weighted by Gasteiger charge is -2.26. The molecule has 0 atom stereocenters. The number of hydrogen-bond donors (Lipinski definition) is 0. The maximum Gasteiger partial charge on any atom is 0.150 e. The Balaban J connectivity index is 1.17. The van der Waals surface area contributed by atoms with Crippen LogP contribution in [0, 0.1) is 0 Å². The Kier molecular flexibility index (Phi) is 21.7. The van der Waals surface area contributed by atoms with Crippen molar-refractivity contribution in [2.24, 2.45) is 0 Å². The van der Waals surface area contributed by atoms with Crippen molar-refractivity contribution < 1.29 is 19.0 Å². The fourth-order valence-electron chi connectivity index (χ4n) is 8.53. The van der Waals surface area contributed by atoms with Crippen LogP contribution in [0.15, 0.2) is 146 Å². The third-order valence-corrected chi connectivity index (χ3v) is 12.4. The van der Waals surface area contributed by atoms with E-state index in [2.05, 4.69) is 140 Å². The number of benzene rings is 6. The van der Waals surface area contributed by atoms with Gasteiger partial charge in [-0.3, -0.25) is 4.79 Å². The second kappa shape index (κ2) is 28.9. The summed E-state index contributed by atoms with van der Waals surface area (Å²) in [6, 6.07) is 50.4. The van der Waals surface area contributed by atoms with Gasteiger partial charge in [-0.05, 0) is 140 Å². The van der Waals surface area contributed by atoms with Gasteiger partial charge in [-0.25, -0.2) is 0 Å². The monoisotopic (exact) mass is 901 g/mol. The number of hydrogen-bond acceptors (Lipinski definition) is 6. The maximum atomic E-state index is 11.9. The molecule has 0 radical (unpaired) electrons. The predicted octanol–water partition coefficient (Wildman–Crippen LogP) is 18.3. The second-order valence-electron chi connectivity index (χ2n) is 17.8. The van der Waals surface area contributed by atoms with Crippen molar-refractivity contribution in [2.45, 2.75) is 136 Å². The van der Waals surface area contributed by atoms with Crippen LogP contribution in [-0.2, 0) is 0 Å². The lowest BCUT2D eigenvalue weighted by molar-refractivity contribution is 0.112. The van der Waals surface area contributed by atoms with Crippen LogP contribution in [0.3, 0.4) is 0 Å². The molecule has 0 spiro atoms. The van der Waals surface area contributed by atoms with Crippen molar-refractivity contribution in [3.63, 3.8) is 0 Å². The number of unbranched alkanes of at least 4 members (excludes halogenated alkanes) is 15. The van der Waals surface area contributed by atoms with E-state index in [1.54, 1.807) is 0 Å². The van der Waals surface area contributed by atoms with Crippen LogP contribution in [0.2, 0.25) is 0 Å². The molecule has 0 aliphatic heterocycles. The van der Waals surface area contributed by atoms with Gasteiger partial charge in [-0.2, -0.15) is 0 Å². The molecule has 0 aliphatic carbocycles. The fraction of sp³-hybridized carbons (Fsp3) is 0.393. The molecule has 0 amide bonds. The average molecular weight is 901 g/mol. The van der Waals surface area contributed by atoms with E-state index < -0.39 is 0 Å². The fourth-order valence-corrected chi connectivity index (χ4v) is 8.53. The summed E-state index contributed by atoms with van der Waals surface area (Å²) < 4.78 is 18.5. The second-order valence-corrected chi connectivity index (χ2v) is 17.8. The van der Waals surface area contributed by atoms with E-state index in [0.717, 1.165) is 108 Å². The first kappa shape index (κ1) is 50.4. The SMILES string of the molecule is CCCCCCCCOc1ccc(N(c2ccc(OCCCCCCCC)cc2)c2ccc(-c3ccc(N(c4ccc(OCCCCCCCC)cc4)c4cccc(C=O)c4)cc3)cc2)cc1. The summed E-state index contributed by atoms with van der Waals surface area (Å²) in [7, 11) is 0. The summed E-state index contributed by atoms with van der Waals surface area (Å²) in [6.07, 6.45) is 23.2. The van der Waals surface area contributed by atoms with E-state index in [9.17, 15) is 4.79 Å². The molecule has 0 unspecified atom stereocenters. The highest BCUT2D eigenvalue weighted by atomic mass is 16.5. The van der Waals surface area contributed by atoms with Gasteiger partial charge in [0.15, 0.2) is 0 Å². The summed E-state index contributed by atoms with van der Waals surface area (Å²) in [5.74, 6) is 2.66. The number of carbonyl (C=O) groups is 1. The molecule has 6 aromatic rings. The third-order valence-electron chi connectivity index (χ3n) is 12.4. The summed E-state index contributed by atoms with van der Waals surface area (Å²) in [4.78, 5) is 16.3. The lowest BCUT2D eigenvalue weighted by Crippen LogP contribution is -2.10. The minimum Gasteiger partial charge on any atom is -0.494 e. The Bertz CT molecular complexity index is 2190. The zero-order valence-electron chi connectivity index (χ0n) is 40.8. The number of aldehydes is 1. The Labute approximate surface area is 403 Å². The van der Waals surface area contributed by atoms with Crippen LogP contribution in [0.1, 0.15) is 147 Å². The molecular formula is C61H76N2O4. The van der Waals surface area contributed by atoms with E-state index in [-0.39, 0.29) is 0 Å². The molecule has 6 nitrogen and oxygen atoms in total. The lowest BCUT2D eigenvalue weighted by atomic mass is 10.0. The maximum absolute atomic E-state index is 11.9. The molecule has 0 N–H and O–H groups in total. The van der Waals surface area contributed by atoms with Gasteiger partial charge in [-0.1, -0.05) is 153 Å². The summed E-state index contributed by atoms with van der Waals surface area (Å²) in [5, 5.41) is 0. The van der Waals surface area contributed by atoms with Gasteiger partial charge in [0.1, 0.15) is 23.5 Å². The van der Waals surface area contributed by atoms with Crippen LogP contribution in [-0.4, -0.2) is 26.1 Å². The number of rotatable bonds is 32. The standard InChI is InChI=1S/C61H76N2O4/c1-4-7-10-13-16-19-45-65-59-39-33-55(34-40-59)62(56-35-41-60(42-36-56)66-46-20-17-14-11-8-5-2)53-29-25-51(26-30-53)52-27-31-54(32-28-52)63(58-24-22-23-50(48-58)49-64)57-37-43-61(44-38-57)67-47-21-18-15-12-9-6-3/h22-44,48-49H,4-21,45-47H2,1-3H3. The molecule has 0 bridgehead atoms. The number of nitrogens with zero attached hydrogens (tertiary/aromatic N) is 2. The van der Waals surface area contributed by atoms with E-state index >= 15 is 0 Å². The van der Waals surface area contributed by atoms with Crippen molar-refractivity contribution >= 4 is 40.4 Å². The first-order valence-corrected chi connectivity index (χ1v) is 25.6. The quantitative estimate of drug-likeness (QED) is 0.0311. The van der Waals surface area contributed by atoms with Crippen LogP contribution >= 0.6 is 0 Å². The van der Waals surface area contributed by atoms with Crippen molar-refractivity contribution in [3.8, 4) is 28.4 Å². The highest BCUT2D eigenvalue weighted by Crippen LogP contribution is 2.39. The van der Waals surface area contributed by atoms with Crippen molar-refractivity contribution in [3.05, 3.63) is 151 Å². The Morgan fingerprint density at radius 1 is 0.343 bits per heavy atom. The molecule has 6 rings (SSSR count). The van der Waals surface area contributed by atoms with Crippen LogP contribution in [0.5, 0.6) is 17.2 Å². The van der Waals surface area contributed by atoms with E-state index in [1.807, 2.05) is 36.4 Å². The molecule has 0 aromatic heterocycles. The van der Waals surface area contributed by atoms with Gasteiger partial charge in [0.05, 0.1) is 19.8 Å². The first-order valence-electron chi connectivity index (χ1n) is 25.6. The largest absolute Gasteiger partial charge is 0.494 e. The molecule has 6 aromatic carbocycles. The topological polar surface area (TPSA) is 51.2 Å². The molecule has 6 heteroatoms. The summed E-state index contributed by atoms with van der Waals surface area (Å²) in [6.45, 7) is 8.97. The zero-order chi connectivity index (χ0) is 46.7. The molecule has 67 heavy (non-hydrogen) atoms. The number of ether oxygens (including phenoxy) is 3. The Hall–Kier alpha value is -6.01. The van der Waals surface area contributed by atoms with Crippen molar-refractivity contribution in [1.82, 2.24) is 0 Å². The van der Waals surface area contributed by atoms with Gasteiger partial charge in [0.25, 0.3) is 0 Å². The third kappa shape index (κ3) is 16.4. The first-order chi connectivity index (χ1) is 33.1. The smallest absolute Gasteiger partial charge is 0.150 e. The molecular weight excluding hydrogens is 825 g/mol. The average Bonchev–Trinajstić information content (AvgIpc) is 3.37. The van der Waals surface area contributed by atoms with Gasteiger partial charge < -0.3 is 24.0 Å². The molecule has 0 fully saturated rings. The van der Waals surface area contributed by atoms with Gasteiger partial charge in [0, 0.05) is 39.7 Å². The zero-order valence-corrected chi connectivity index (χ0v) is 40.8. The molecule has 354 valence electrons. The highest BCUT2D eigenvalue weighted by molar-refractivity contribution is 5.84. The summed E-state index contributed by atoms with van der Waals surface area (Å²) >= 11 is 0. The van der Waals surface area contributed by atoms with Crippen LogP contribution in [0.4, 0.5) is 34.1 Å². The normalized spacial score (nSPS) is 11.0.